The molecule has 1 aromatic heterocycles. The van der Waals surface area contributed by atoms with E-state index in [-0.39, 0.29) is 35.0 Å². The van der Waals surface area contributed by atoms with Gasteiger partial charge >= 0.3 is 11.9 Å². The monoisotopic (exact) mass is 360 g/mol. The van der Waals surface area contributed by atoms with E-state index in [1.54, 1.807) is 6.92 Å². The number of aromatic nitrogens is 1. The number of nitrogens with two attached hydrogens (primary N) is 1. The Labute approximate surface area is 151 Å². The first-order chi connectivity index (χ1) is 12.3. The van der Waals surface area contributed by atoms with Gasteiger partial charge in [-0.3, -0.25) is 0 Å². The number of anilines is 1. The molecule has 6 nitrogen and oxygen atoms in total. The first-order valence-corrected chi connectivity index (χ1v) is 8.16. The summed E-state index contributed by atoms with van der Waals surface area (Å²) in [6.07, 6.45) is 0. The lowest BCUT2D eigenvalue weighted by molar-refractivity contribution is 0.0528. The Morgan fingerprint density at radius 3 is 2.27 bits per heavy atom. The minimum absolute atomic E-state index is 0.0386. The number of hydrogen-bond acceptors (Lipinski definition) is 6. The summed E-state index contributed by atoms with van der Waals surface area (Å²) in [5.41, 5.74) is 7.16. The number of pyridine rings is 1. The maximum atomic E-state index is 13.4. The van der Waals surface area contributed by atoms with Crippen LogP contribution >= 0.6 is 0 Å². The average Bonchev–Trinajstić information content (AvgIpc) is 2.60. The second-order valence-electron chi connectivity index (χ2n) is 5.88. The molecule has 2 N–H and O–H groups in total. The first kappa shape index (κ1) is 19.4. The van der Waals surface area contributed by atoms with Crippen LogP contribution in [0.3, 0.4) is 0 Å². The Kier molecular flexibility index (Phi) is 5.92. The lowest BCUT2D eigenvalue weighted by Crippen LogP contribution is -2.19. The number of nitrogen functional groups attached to an aromatic ring is 1. The van der Waals surface area contributed by atoms with Gasteiger partial charge in [0.25, 0.3) is 0 Å². The molecule has 0 saturated heterocycles. The Bertz CT molecular complexity index is 832. The van der Waals surface area contributed by atoms with E-state index in [0.29, 0.717) is 11.3 Å². The van der Waals surface area contributed by atoms with Gasteiger partial charge in [-0.1, -0.05) is 26.0 Å². The zero-order chi connectivity index (χ0) is 19.4. The predicted octanol–water partition coefficient (Wildman–Crippen LogP) is 3.56. The molecule has 0 spiro atoms. The maximum absolute atomic E-state index is 13.4. The maximum Gasteiger partial charge on any atom is 0.342 e. The number of rotatable bonds is 5. The summed E-state index contributed by atoms with van der Waals surface area (Å²) in [4.78, 5) is 29.3. The predicted molar refractivity (Wildman–Crippen MR) is 95.4 cm³/mol. The van der Waals surface area contributed by atoms with Crippen molar-refractivity contribution in [3.63, 3.8) is 0 Å². The Hall–Kier alpha value is -2.96. The van der Waals surface area contributed by atoms with Gasteiger partial charge in [-0.15, -0.1) is 0 Å². The van der Waals surface area contributed by atoms with Crippen molar-refractivity contribution >= 4 is 17.8 Å². The molecule has 2 aromatic rings. The molecule has 0 aliphatic rings. The second kappa shape index (κ2) is 7.95. The van der Waals surface area contributed by atoms with Gasteiger partial charge in [-0.05, 0) is 30.5 Å². The highest BCUT2D eigenvalue weighted by Gasteiger charge is 2.30. The molecule has 138 valence electrons. The molecule has 0 bridgehead atoms. The van der Waals surface area contributed by atoms with Gasteiger partial charge in [0, 0.05) is 5.56 Å². The highest BCUT2D eigenvalue weighted by Crippen LogP contribution is 2.36. The highest BCUT2D eigenvalue weighted by atomic mass is 19.1. The molecule has 0 fully saturated rings. The number of halogens is 1. The number of ether oxygens (including phenoxy) is 2. The average molecular weight is 360 g/mol. The number of carbonyl (C=O) groups is 2. The van der Waals surface area contributed by atoms with Crippen LogP contribution in [0.5, 0.6) is 0 Å². The lowest BCUT2D eigenvalue weighted by atomic mass is 9.90. The number of hydrogen-bond donors (Lipinski definition) is 1. The van der Waals surface area contributed by atoms with Crippen LogP contribution < -0.4 is 5.73 Å². The number of methoxy groups -OCH3 is 1. The molecule has 1 aromatic carbocycles. The van der Waals surface area contributed by atoms with E-state index in [2.05, 4.69) is 4.98 Å². The van der Waals surface area contributed by atoms with E-state index >= 15 is 0 Å². The van der Waals surface area contributed by atoms with Crippen molar-refractivity contribution in [3.8, 4) is 11.1 Å². The SMILES string of the molecule is CCOC(=O)c1c(N)nc(C(C)C)c(C(=O)OC)c1-c1ccc(F)cc1. The van der Waals surface area contributed by atoms with Crippen LogP contribution in [-0.2, 0) is 9.47 Å². The van der Waals surface area contributed by atoms with Crippen LogP contribution in [0.2, 0.25) is 0 Å². The van der Waals surface area contributed by atoms with Crippen molar-refractivity contribution < 1.29 is 23.5 Å². The normalized spacial score (nSPS) is 10.7. The van der Waals surface area contributed by atoms with Crippen LogP contribution in [0.4, 0.5) is 10.2 Å². The molecule has 7 heteroatoms. The smallest absolute Gasteiger partial charge is 0.342 e. The molecule has 0 atom stereocenters. The summed E-state index contributed by atoms with van der Waals surface area (Å²) in [6.45, 7) is 5.46. The summed E-state index contributed by atoms with van der Waals surface area (Å²) in [5.74, 6) is -2.04. The molecular formula is C19H21FN2O4. The number of esters is 2. The van der Waals surface area contributed by atoms with Crippen molar-refractivity contribution in [2.75, 3.05) is 19.5 Å². The number of nitrogens with zero attached hydrogens (tertiary/aromatic N) is 1. The topological polar surface area (TPSA) is 91.5 Å². The van der Waals surface area contributed by atoms with Gasteiger partial charge in [0.2, 0.25) is 0 Å². The van der Waals surface area contributed by atoms with Gasteiger partial charge in [0.15, 0.2) is 0 Å². The Morgan fingerprint density at radius 1 is 1.15 bits per heavy atom. The van der Waals surface area contributed by atoms with Crippen LogP contribution in [0.15, 0.2) is 24.3 Å². The molecule has 0 amide bonds. The summed E-state index contributed by atoms with van der Waals surface area (Å²) >= 11 is 0. The zero-order valence-electron chi connectivity index (χ0n) is 15.1. The van der Waals surface area contributed by atoms with Crippen molar-refractivity contribution in [1.82, 2.24) is 4.98 Å². The fourth-order valence-corrected chi connectivity index (χ4v) is 2.66. The lowest BCUT2D eigenvalue weighted by Gasteiger charge is -2.19. The van der Waals surface area contributed by atoms with Crippen molar-refractivity contribution in [1.29, 1.82) is 0 Å². The number of carbonyl (C=O) groups excluding carboxylic acids is 2. The van der Waals surface area contributed by atoms with E-state index in [1.165, 1.54) is 31.4 Å². The van der Waals surface area contributed by atoms with Gasteiger partial charge in [0.1, 0.15) is 17.2 Å². The molecule has 1 heterocycles. The highest BCUT2D eigenvalue weighted by molar-refractivity contribution is 6.09. The largest absolute Gasteiger partial charge is 0.465 e. The molecule has 0 saturated carbocycles. The molecule has 26 heavy (non-hydrogen) atoms. The standard InChI is InChI=1S/C19H21FN2O4/c1-5-26-19(24)15-13(11-6-8-12(20)9-7-11)14(18(23)25-4)16(10(2)3)22-17(15)21/h6-10H,5H2,1-4H3,(H2,21,22). The van der Waals surface area contributed by atoms with Crippen molar-refractivity contribution in [2.24, 2.45) is 0 Å². The van der Waals surface area contributed by atoms with Gasteiger partial charge in [-0.25, -0.2) is 19.0 Å². The van der Waals surface area contributed by atoms with E-state index in [9.17, 15) is 14.0 Å². The third-order valence-electron chi connectivity index (χ3n) is 3.80. The van der Waals surface area contributed by atoms with E-state index < -0.39 is 17.8 Å². The third kappa shape index (κ3) is 3.66. The minimum Gasteiger partial charge on any atom is -0.465 e. The molecule has 0 aliphatic carbocycles. The van der Waals surface area contributed by atoms with Gasteiger partial charge < -0.3 is 15.2 Å². The molecule has 0 radical (unpaired) electrons. The molecule has 0 aliphatic heterocycles. The summed E-state index contributed by atoms with van der Waals surface area (Å²) in [5, 5.41) is 0. The van der Waals surface area contributed by atoms with E-state index in [0.717, 1.165) is 0 Å². The summed E-state index contributed by atoms with van der Waals surface area (Å²) < 4.78 is 23.4. The van der Waals surface area contributed by atoms with E-state index in [4.69, 9.17) is 15.2 Å². The van der Waals surface area contributed by atoms with Crippen molar-refractivity contribution in [3.05, 3.63) is 46.9 Å². The van der Waals surface area contributed by atoms with Crippen LogP contribution in [0, 0.1) is 5.82 Å². The fourth-order valence-electron chi connectivity index (χ4n) is 2.66. The zero-order valence-corrected chi connectivity index (χ0v) is 15.1. The molecule has 0 unspecified atom stereocenters. The number of benzene rings is 1. The molecular weight excluding hydrogens is 339 g/mol. The van der Waals surface area contributed by atoms with Crippen LogP contribution in [0.1, 0.15) is 53.1 Å². The molecule has 2 rings (SSSR count). The third-order valence-corrected chi connectivity index (χ3v) is 3.80. The van der Waals surface area contributed by atoms with Gasteiger partial charge in [0.05, 0.1) is 25.0 Å². The Balaban J connectivity index is 2.94. The van der Waals surface area contributed by atoms with E-state index in [1.807, 2.05) is 13.8 Å². The van der Waals surface area contributed by atoms with Gasteiger partial charge in [-0.2, -0.15) is 0 Å². The quantitative estimate of drug-likeness (QED) is 0.820. The first-order valence-electron chi connectivity index (χ1n) is 8.16. The van der Waals surface area contributed by atoms with Crippen molar-refractivity contribution in [2.45, 2.75) is 26.7 Å². The summed E-state index contributed by atoms with van der Waals surface area (Å²) in [6, 6.07) is 5.39. The Morgan fingerprint density at radius 2 is 1.77 bits per heavy atom. The van der Waals surface area contributed by atoms with Crippen LogP contribution in [0.25, 0.3) is 11.1 Å². The minimum atomic E-state index is -0.711. The fraction of sp³-hybridized carbons (Fsp3) is 0.316. The second-order valence-corrected chi connectivity index (χ2v) is 5.88. The summed E-state index contributed by atoms with van der Waals surface area (Å²) in [7, 11) is 1.24. The van der Waals surface area contributed by atoms with Crippen LogP contribution in [-0.4, -0.2) is 30.6 Å².